The average molecular weight is 269 g/mol. The van der Waals surface area contributed by atoms with Gasteiger partial charge in [0.1, 0.15) is 5.82 Å². The summed E-state index contributed by atoms with van der Waals surface area (Å²) < 4.78 is 1.06. The predicted octanol–water partition coefficient (Wildman–Crippen LogP) is 3.53. The van der Waals surface area contributed by atoms with Crippen molar-refractivity contribution in [1.29, 1.82) is 0 Å². The van der Waals surface area contributed by atoms with Gasteiger partial charge in [0.2, 0.25) is 0 Å². The summed E-state index contributed by atoms with van der Waals surface area (Å²) in [6.07, 6.45) is 5.83. The Morgan fingerprint density at radius 2 is 2.27 bits per heavy atom. The van der Waals surface area contributed by atoms with Crippen LogP contribution in [0, 0.1) is 6.92 Å². The van der Waals surface area contributed by atoms with E-state index < -0.39 is 0 Å². The second-order valence-corrected chi connectivity index (χ2v) is 5.25. The van der Waals surface area contributed by atoms with Crippen LogP contribution in [-0.2, 0) is 0 Å². The standard InChI is InChI=1S/C12H17BrN2/c1-9-7-11(13)8-14-12(9)15-6-4-3-5-10(15)2/h7-8,10H,3-6H2,1-2H3/t10-/m0/s1. The minimum Gasteiger partial charge on any atom is -0.354 e. The SMILES string of the molecule is Cc1cc(Br)cnc1N1CCCC[C@@H]1C. The highest BCUT2D eigenvalue weighted by Gasteiger charge is 2.20. The zero-order valence-corrected chi connectivity index (χ0v) is 10.9. The van der Waals surface area contributed by atoms with Gasteiger partial charge in [-0.05, 0) is 60.7 Å². The summed E-state index contributed by atoms with van der Waals surface area (Å²) in [6.45, 7) is 5.58. The maximum absolute atomic E-state index is 4.53. The fourth-order valence-corrected chi connectivity index (χ4v) is 2.69. The van der Waals surface area contributed by atoms with Gasteiger partial charge in [-0.3, -0.25) is 0 Å². The Hall–Kier alpha value is -0.570. The lowest BCUT2D eigenvalue weighted by atomic mass is 10.0. The number of hydrogen-bond acceptors (Lipinski definition) is 2. The van der Waals surface area contributed by atoms with Gasteiger partial charge in [0, 0.05) is 23.3 Å². The van der Waals surface area contributed by atoms with Crippen molar-refractivity contribution in [2.75, 3.05) is 11.4 Å². The monoisotopic (exact) mass is 268 g/mol. The normalized spacial score (nSPS) is 21.8. The first-order chi connectivity index (χ1) is 7.18. The molecule has 2 rings (SSSR count). The highest BCUT2D eigenvalue weighted by atomic mass is 79.9. The molecule has 0 saturated carbocycles. The largest absolute Gasteiger partial charge is 0.354 e. The zero-order valence-electron chi connectivity index (χ0n) is 9.33. The lowest BCUT2D eigenvalue weighted by molar-refractivity contribution is 0.480. The Kier molecular flexibility index (Phi) is 3.29. The van der Waals surface area contributed by atoms with Gasteiger partial charge in [-0.1, -0.05) is 0 Å². The molecular weight excluding hydrogens is 252 g/mol. The number of aromatic nitrogens is 1. The van der Waals surface area contributed by atoms with Crippen LogP contribution in [0.1, 0.15) is 31.7 Å². The Balaban J connectivity index is 2.27. The van der Waals surface area contributed by atoms with Crippen molar-refractivity contribution in [3.05, 3.63) is 22.3 Å². The number of anilines is 1. The molecule has 0 unspecified atom stereocenters. The number of aryl methyl sites for hydroxylation is 1. The quantitative estimate of drug-likeness (QED) is 0.775. The molecule has 0 aromatic carbocycles. The van der Waals surface area contributed by atoms with Gasteiger partial charge in [-0.25, -0.2) is 4.98 Å². The molecule has 1 atom stereocenters. The minimum absolute atomic E-state index is 0.631. The van der Waals surface area contributed by atoms with Crippen LogP contribution >= 0.6 is 15.9 Å². The average Bonchev–Trinajstić information content (AvgIpc) is 2.20. The first-order valence-corrected chi connectivity index (χ1v) is 6.36. The van der Waals surface area contributed by atoms with Crippen LogP contribution in [0.4, 0.5) is 5.82 Å². The number of rotatable bonds is 1. The molecule has 82 valence electrons. The van der Waals surface area contributed by atoms with Crippen LogP contribution in [0.5, 0.6) is 0 Å². The van der Waals surface area contributed by atoms with E-state index in [1.54, 1.807) is 0 Å². The molecule has 1 fully saturated rings. The smallest absolute Gasteiger partial charge is 0.131 e. The number of nitrogens with zero attached hydrogens (tertiary/aromatic N) is 2. The molecule has 15 heavy (non-hydrogen) atoms. The Morgan fingerprint density at radius 1 is 1.47 bits per heavy atom. The molecule has 1 saturated heterocycles. The fraction of sp³-hybridized carbons (Fsp3) is 0.583. The van der Waals surface area contributed by atoms with E-state index in [1.165, 1.54) is 24.8 Å². The molecule has 0 radical (unpaired) electrons. The van der Waals surface area contributed by atoms with E-state index in [4.69, 9.17) is 0 Å². The summed E-state index contributed by atoms with van der Waals surface area (Å²) in [5.41, 5.74) is 1.26. The summed E-state index contributed by atoms with van der Waals surface area (Å²) in [5, 5.41) is 0. The van der Waals surface area contributed by atoms with E-state index in [9.17, 15) is 0 Å². The van der Waals surface area contributed by atoms with E-state index in [1.807, 2.05) is 6.20 Å². The van der Waals surface area contributed by atoms with Crippen LogP contribution in [0.15, 0.2) is 16.7 Å². The molecule has 3 heteroatoms. The van der Waals surface area contributed by atoms with E-state index in [-0.39, 0.29) is 0 Å². The van der Waals surface area contributed by atoms with Gasteiger partial charge in [-0.15, -0.1) is 0 Å². The Morgan fingerprint density at radius 3 is 2.93 bits per heavy atom. The Labute approximate surface area is 99.8 Å². The summed E-state index contributed by atoms with van der Waals surface area (Å²) in [6, 6.07) is 2.77. The van der Waals surface area contributed by atoms with Gasteiger partial charge in [-0.2, -0.15) is 0 Å². The molecule has 0 spiro atoms. The van der Waals surface area contributed by atoms with E-state index >= 15 is 0 Å². The summed E-state index contributed by atoms with van der Waals surface area (Å²) >= 11 is 3.45. The molecule has 0 N–H and O–H groups in total. The van der Waals surface area contributed by atoms with Crippen molar-refractivity contribution in [3.63, 3.8) is 0 Å². The fourth-order valence-electron chi connectivity index (χ4n) is 2.25. The molecule has 0 amide bonds. The van der Waals surface area contributed by atoms with Crippen LogP contribution < -0.4 is 4.90 Å². The maximum atomic E-state index is 4.53. The molecule has 1 aromatic rings. The lowest BCUT2D eigenvalue weighted by Gasteiger charge is -2.35. The first-order valence-electron chi connectivity index (χ1n) is 5.57. The lowest BCUT2D eigenvalue weighted by Crippen LogP contribution is -2.38. The number of halogens is 1. The third-order valence-corrected chi connectivity index (χ3v) is 3.53. The van der Waals surface area contributed by atoms with E-state index in [2.05, 4.69) is 45.7 Å². The van der Waals surface area contributed by atoms with Gasteiger partial charge < -0.3 is 4.90 Å². The molecule has 2 nitrogen and oxygen atoms in total. The zero-order chi connectivity index (χ0) is 10.8. The van der Waals surface area contributed by atoms with Crippen molar-refractivity contribution in [2.24, 2.45) is 0 Å². The van der Waals surface area contributed by atoms with Gasteiger partial charge >= 0.3 is 0 Å². The summed E-state index contributed by atoms with van der Waals surface area (Å²) in [5.74, 6) is 1.16. The number of hydrogen-bond donors (Lipinski definition) is 0. The Bertz CT molecular complexity index is 351. The molecular formula is C12H17BrN2. The second-order valence-electron chi connectivity index (χ2n) is 4.33. The van der Waals surface area contributed by atoms with Gasteiger partial charge in [0.25, 0.3) is 0 Å². The number of piperidine rings is 1. The van der Waals surface area contributed by atoms with Crippen LogP contribution in [0.2, 0.25) is 0 Å². The van der Waals surface area contributed by atoms with Crippen LogP contribution in [0.3, 0.4) is 0 Å². The summed E-state index contributed by atoms with van der Waals surface area (Å²) in [7, 11) is 0. The third-order valence-electron chi connectivity index (χ3n) is 3.09. The summed E-state index contributed by atoms with van der Waals surface area (Å²) in [4.78, 5) is 6.97. The molecule has 0 bridgehead atoms. The van der Waals surface area contributed by atoms with Crippen molar-refractivity contribution in [3.8, 4) is 0 Å². The highest BCUT2D eigenvalue weighted by molar-refractivity contribution is 9.10. The molecule has 1 aliphatic rings. The molecule has 0 aliphatic carbocycles. The van der Waals surface area contributed by atoms with Crippen molar-refractivity contribution in [2.45, 2.75) is 39.2 Å². The van der Waals surface area contributed by atoms with Gasteiger partial charge in [0.15, 0.2) is 0 Å². The van der Waals surface area contributed by atoms with Crippen molar-refractivity contribution >= 4 is 21.7 Å². The molecule has 1 aromatic heterocycles. The highest BCUT2D eigenvalue weighted by Crippen LogP contribution is 2.26. The minimum atomic E-state index is 0.631. The predicted molar refractivity (Wildman–Crippen MR) is 67.3 cm³/mol. The molecule has 2 heterocycles. The third kappa shape index (κ3) is 2.33. The maximum Gasteiger partial charge on any atom is 0.131 e. The van der Waals surface area contributed by atoms with Gasteiger partial charge in [0.05, 0.1) is 0 Å². The van der Waals surface area contributed by atoms with Crippen LogP contribution in [-0.4, -0.2) is 17.6 Å². The number of pyridine rings is 1. The molecule has 1 aliphatic heterocycles. The van der Waals surface area contributed by atoms with Crippen molar-refractivity contribution in [1.82, 2.24) is 4.98 Å². The van der Waals surface area contributed by atoms with Crippen LogP contribution in [0.25, 0.3) is 0 Å². The topological polar surface area (TPSA) is 16.1 Å². The second kappa shape index (κ2) is 4.52. The first kappa shape index (κ1) is 10.9. The van der Waals surface area contributed by atoms with E-state index in [0.29, 0.717) is 6.04 Å². The van der Waals surface area contributed by atoms with Crippen molar-refractivity contribution < 1.29 is 0 Å². The van der Waals surface area contributed by atoms with E-state index in [0.717, 1.165) is 16.8 Å².